The molecule has 0 aliphatic heterocycles. The molecule has 4 nitrogen and oxygen atoms in total. The van der Waals surface area contributed by atoms with Crippen molar-refractivity contribution in [1.82, 2.24) is 0 Å². The summed E-state index contributed by atoms with van der Waals surface area (Å²) in [5.74, 6) is 1.63. The van der Waals surface area contributed by atoms with Crippen LogP contribution in [0.15, 0.2) is 70.0 Å². The molecule has 3 aromatic carbocycles. The molecule has 5 heteroatoms. The van der Waals surface area contributed by atoms with Crippen molar-refractivity contribution in [1.29, 1.82) is 0 Å². The molecule has 0 radical (unpaired) electrons. The summed E-state index contributed by atoms with van der Waals surface area (Å²) in [5, 5.41) is 2.81. The van der Waals surface area contributed by atoms with Crippen molar-refractivity contribution in [3.05, 3.63) is 72.0 Å². The predicted molar refractivity (Wildman–Crippen MR) is 131 cm³/mol. The van der Waals surface area contributed by atoms with Gasteiger partial charge in [0.2, 0.25) is 0 Å². The molecule has 0 amide bonds. The van der Waals surface area contributed by atoms with E-state index in [0.29, 0.717) is 11.6 Å². The van der Waals surface area contributed by atoms with E-state index in [4.69, 9.17) is 4.42 Å². The molecule has 1 atom stereocenters. The fraction of sp³-hybridized carbons (Fsp3) is 0.333. The highest BCUT2D eigenvalue weighted by atomic mass is 32.2. The van der Waals surface area contributed by atoms with Crippen LogP contribution in [0.4, 0.5) is 5.69 Å². The van der Waals surface area contributed by atoms with E-state index in [9.17, 15) is 8.42 Å². The first kappa shape index (κ1) is 21.1. The maximum atomic E-state index is 13.1. The highest BCUT2D eigenvalue weighted by Crippen LogP contribution is 2.45. The first-order valence-corrected chi connectivity index (χ1v) is 12.8. The van der Waals surface area contributed by atoms with Gasteiger partial charge in [-0.25, -0.2) is 8.42 Å². The van der Waals surface area contributed by atoms with Gasteiger partial charge in [0.1, 0.15) is 11.3 Å². The maximum absolute atomic E-state index is 13.1. The zero-order valence-corrected chi connectivity index (χ0v) is 19.6. The molecule has 0 bridgehead atoms. The number of hydrogen-bond donors (Lipinski definition) is 1. The molecule has 0 saturated carbocycles. The van der Waals surface area contributed by atoms with E-state index >= 15 is 0 Å². The normalized spacial score (nSPS) is 16.9. The van der Waals surface area contributed by atoms with Crippen molar-refractivity contribution in [2.75, 3.05) is 4.72 Å². The minimum atomic E-state index is -3.70. The standard InChI is InChI=1S/C27H29NO3S/c1-4-27(2,3)18-14-15-25-22(16-18)23-17-24(20-12-8-9-13-21(20)26(23)31-25)28-32(29,30)19-10-6-5-7-11-19/h5-13,17-18,28H,4,14-16H2,1-3H3/t18-/m1/s1. The lowest BCUT2D eigenvalue weighted by atomic mass is 9.69. The lowest BCUT2D eigenvalue weighted by molar-refractivity contribution is 0.179. The number of sulfonamides is 1. The fourth-order valence-electron chi connectivity index (χ4n) is 4.94. The van der Waals surface area contributed by atoms with Crippen LogP contribution in [0, 0.1) is 11.3 Å². The van der Waals surface area contributed by atoms with Crippen molar-refractivity contribution < 1.29 is 12.8 Å². The zero-order chi connectivity index (χ0) is 22.5. The van der Waals surface area contributed by atoms with Gasteiger partial charge in [-0.05, 0) is 42.4 Å². The van der Waals surface area contributed by atoms with Crippen LogP contribution < -0.4 is 4.72 Å². The molecular weight excluding hydrogens is 418 g/mol. The van der Waals surface area contributed by atoms with Crippen molar-refractivity contribution in [3.63, 3.8) is 0 Å². The second kappa shape index (κ2) is 7.66. The van der Waals surface area contributed by atoms with Crippen LogP contribution in [0.25, 0.3) is 21.7 Å². The Hall–Kier alpha value is -2.79. The quantitative estimate of drug-likeness (QED) is 0.361. The van der Waals surface area contributed by atoms with Gasteiger partial charge in [-0.2, -0.15) is 0 Å². The highest BCUT2D eigenvalue weighted by Gasteiger charge is 2.34. The SMILES string of the molecule is CCC(C)(C)[C@@H]1CCc2oc3c(cc(NS(=O)(=O)c4ccccc4)c4ccccc43)c2C1. The number of nitrogens with one attached hydrogen (secondary N) is 1. The van der Waals surface area contributed by atoms with Crippen molar-refractivity contribution in [2.24, 2.45) is 11.3 Å². The molecule has 0 saturated heterocycles. The monoisotopic (exact) mass is 447 g/mol. The molecule has 32 heavy (non-hydrogen) atoms. The van der Waals surface area contributed by atoms with Gasteiger partial charge in [-0.15, -0.1) is 0 Å². The Morgan fingerprint density at radius 3 is 2.41 bits per heavy atom. The van der Waals surface area contributed by atoms with Crippen molar-refractivity contribution in [2.45, 2.75) is 51.3 Å². The minimum absolute atomic E-state index is 0.253. The van der Waals surface area contributed by atoms with Gasteiger partial charge in [-0.1, -0.05) is 69.7 Å². The Labute approximate surface area is 189 Å². The molecule has 0 fully saturated rings. The van der Waals surface area contributed by atoms with E-state index in [0.717, 1.165) is 53.2 Å². The van der Waals surface area contributed by atoms with Gasteiger partial charge >= 0.3 is 0 Å². The number of rotatable bonds is 5. The molecular formula is C27H29NO3S. The summed E-state index contributed by atoms with van der Waals surface area (Å²) in [7, 11) is -3.70. The van der Waals surface area contributed by atoms with Crippen LogP contribution >= 0.6 is 0 Å². The minimum Gasteiger partial charge on any atom is -0.460 e. The third-order valence-electron chi connectivity index (χ3n) is 7.37. The van der Waals surface area contributed by atoms with Crippen LogP contribution in [0.5, 0.6) is 0 Å². The van der Waals surface area contributed by atoms with Gasteiger partial charge in [0.25, 0.3) is 10.0 Å². The second-order valence-electron chi connectivity index (χ2n) is 9.55. The van der Waals surface area contributed by atoms with E-state index in [1.54, 1.807) is 24.3 Å². The summed E-state index contributed by atoms with van der Waals surface area (Å²) < 4.78 is 35.4. The van der Waals surface area contributed by atoms with Crippen molar-refractivity contribution in [3.8, 4) is 0 Å². The Morgan fingerprint density at radius 1 is 1.00 bits per heavy atom. The largest absolute Gasteiger partial charge is 0.460 e. The van der Waals surface area contributed by atoms with Crippen LogP contribution in [-0.4, -0.2) is 8.42 Å². The summed E-state index contributed by atoms with van der Waals surface area (Å²) in [6.45, 7) is 6.95. The average Bonchev–Trinajstić information content (AvgIpc) is 3.18. The molecule has 1 heterocycles. The number of aryl methyl sites for hydroxylation is 1. The number of furan rings is 1. The van der Waals surface area contributed by atoms with E-state index in [-0.39, 0.29) is 10.3 Å². The molecule has 1 N–H and O–H groups in total. The third kappa shape index (κ3) is 3.49. The molecule has 0 spiro atoms. The number of anilines is 1. The van der Waals surface area contributed by atoms with Crippen LogP contribution in [0.1, 0.15) is 44.9 Å². The average molecular weight is 448 g/mol. The maximum Gasteiger partial charge on any atom is 0.261 e. The van der Waals surface area contributed by atoms with E-state index in [1.807, 2.05) is 36.4 Å². The topological polar surface area (TPSA) is 59.3 Å². The van der Waals surface area contributed by atoms with Crippen LogP contribution in [-0.2, 0) is 22.9 Å². The summed E-state index contributed by atoms with van der Waals surface area (Å²) in [6, 6.07) is 18.3. The van der Waals surface area contributed by atoms with E-state index in [2.05, 4.69) is 25.5 Å². The van der Waals surface area contributed by atoms with Crippen LogP contribution in [0.3, 0.4) is 0 Å². The Balaban J connectivity index is 1.67. The molecule has 0 unspecified atom stereocenters. The highest BCUT2D eigenvalue weighted by molar-refractivity contribution is 7.92. The van der Waals surface area contributed by atoms with Gasteiger partial charge in [0, 0.05) is 28.1 Å². The third-order valence-corrected chi connectivity index (χ3v) is 8.75. The van der Waals surface area contributed by atoms with Gasteiger partial charge in [0.15, 0.2) is 0 Å². The molecule has 1 aliphatic carbocycles. The van der Waals surface area contributed by atoms with Gasteiger partial charge in [0.05, 0.1) is 10.6 Å². The van der Waals surface area contributed by atoms with E-state index in [1.165, 1.54) is 5.56 Å². The Bertz CT molecular complexity index is 1400. The summed E-state index contributed by atoms with van der Waals surface area (Å²) >= 11 is 0. The number of hydrogen-bond acceptors (Lipinski definition) is 3. The predicted octanol–water partition coefficient (Wildman–Crippen LogP) is 6.93. The summed E-state index contributed by atoms with van der Waals surface area (Å²) in [4.78, 5) is 0.253. The molecule has 4 aromatic rings. The lowest BCUT2D eigenvalue weighted by Gasteiger charge is -2.36. The zero-order valence-electron chi connectivity index (χ0n) is 18.8. The fourth-order valence-corrected chi connectivity index (χ4v) is 6.03. The second-order valence-corrected chi connectivity index (χ2v) is 11.2. The summed E-state index contributed by atoms with van der Waals surface area (Å²) in [5.41, 5.74) is 2.96. The van der Waals surface area contributed by atoms with Gasteiger partial charge < -0.3 is 4.42 Å². The van der Waals surface area contributed by atoms with Gasteiger partial charge in [-0.3, -0.25) is 4.72 Å². The Morgan fingerprint density at radius 2 is 1.69 bits per heavy atom. The number of fused-ring (bicyclic) bond motifs is 5. The molecule has 1 aliphatic rings. The molecule has 166 valence electrons. The first-order valence-electron chi connectivity index (χ1n) is 11.3. The lowest BCUT2D eigenvalue weighted by Crippen LogP contribution is -2.28. The van der Waals surface area contributed by atoms with E-state index < -0.39 is 10.0 Å². The smallest absolute Gasteiger partial charge is 0.261 e. The Kier molecular flexibility index (Phi) is 5.05. The van der Waals surface area contributed by atoms with Crippen LogP contribution in [0.2, 0.25) is 0 Å². The number of benzene rings is 3. The van der Waals surface area contributed by atoms with Crippen molar-refractivity contribution >= 4 is 37.5 Å². The summed E-state index contributed by atoms with van der Waals surface area (Å²) in [6.07, 6.45) is 4.15. The molecule has 1 aromatic heterocycles. The first-order chi connectivity index (χ1) is 15.3. The molecule has 5 rings (SSSR count).